The van der Waals surface area contributed by atoms with Crippen LogP contribution in [0.1, 0.15) is 18.4 Å². The van der Waals surface area contributed by atoms with E-state index < -0.39 is 26.6 Å². The first kappa shape index (κ1) is 14.4. The highest BCUT2D eigenvalue weighted by Gasteiger charge is 2.25. The zero-order valence-electron chi connectivity index (χ0n) is 10.5. The van der Waals surface area contributed by atoms with Crippen LogP contribution < -0.4 is 10.0 Å². The SMILES string of the molecule is Cc1cc(S(=O)(=O)N[C@H]2CCCNC2)c(F)cc1F. The van der Waals surface area contributed by atoms with Crippen LogP contribution in [0.5, 0.6) is 0 Å². The van der Waals surface area contributed by atoms with Gasteiger partial charge in [-0.2, -0.15) is 0 Å². The van der Waals surface area contributed by atoms with Crippen molar-refractivity contribution in [2.45, 2.75) is 30.7 Å². The summed E-state index contributed by atoms with van der Waals surface area (Å²) in [4.78, 5) is -0.503. The smallest absolute Gasteiger partial charge is 0.243 e. The van der Waals surface area contributed by atoms with Gasteiger partial charge in [-0.05, 0) is 37.9 Å². The second-order valence-electron chi connectivity index (χ2n) is 4.70. The van der Waals surface area contributed by atoms with Gasteiger partial charge in [-0.25, -0.2) is 21.9 Å². The van der Waals surface area contributed by atoms with Crippen molar-refractivity contribution in [3.63, 3.8) is 0 Å². The third-order valence-electron chi connectivity index (χ3n) is 3.12. The Morgan fingerprint density at radius 1 is 1.32 bits per heavy atom. The minimum Gasteiger partial charge on any atom is -0.315 e. The standard InChI is InChI=1S/C12H16F2N2O2S/c1-8-5-12(11(14)6-10(8)13)19(17,18)16-9-3-2-4-15-7-9/h5-6,9,15-16H,2-4,7H2,1H3/t9-/m0/s1. The van der Waals surface area contributed by atoms with Gasteiger partial charge in [-0.1, -0.05) is 0 Å². The molecule has 1 atom stereocenters. The monoisotopic (exact) mass is 290 g/mol. The van der Waals surface area contributed by atoms with Gasteiger partial charge in [0.25, 0.3) is 0 Å². The molecule has 0 spiro atoms. The van der Waals surface area contributed by atoms with Crippen molar-refractivity contribution >= 4 is 10.0 Å². The Labute approximate surface area is 111 Å². The molecule has 0 aromatic heterocycles. The highest BCUT2D eigenvalue weighted by molar-refractivity contribution is 7.89. The molecule has 0 amide bonds. The predicted molar refractivity (Wildman–Crippen MR) is 67.3 cm³/mol. The molecule has 0 unspecified atom stereocenters. The number of rotatable bonds is 3. The number of hydrogen-bond acceptors (Lipinski definition) is 3. The summed E-state index contributed by atoms with van der Waals surface area (Å²) in [6.07, 6.45) is 1.56. The Morgan fingerprint density at radius 3 is 2.68 bits per heavy atom. The van der Waals surface area contributed by atoms with E-state index in [-0.39, 0.29) is 11.6 Å². The number of sulfonamides is 1. The first-order chi connectivity index (χ1) is 8.90. The molecule has 7 heteroatoms. The number of piperidine rings is 1. The van der Waals surface area contributed by atoms with Crippen molar-refractivity contribution in [1.82, 2.24) is 10.0 Å². The number of halogens is 2. The van der Waals surface area contributed by atoms with E-state index in [1.165, 1.54) is 6.92 Å². The summed E-state index contributed by atoms with van der Waals surface area (Å²) in [6, 6.07) is 1.36. The van der Waals surface area contributed by atoms with Gasteiger partial charge >= 0.3 is 0 Å². The first-order valence-corrected chi connectivity index (χ1v) is 7.57. The van der Waals surface area contributed by atoms with Crippen LogP contribution >= 0.6 is 0 Å². The zero-order valence-corrected chi connectivity index (χ0v) is 11.4. The van der Waals surface area contributed by atoms with Crippen molar-refractivity contribution < 1.29 is 17.2 Å². The van der Waals surface area contributed by atoms with E-state index in [9.17, 15) is 17.2 Å². The minimum atomic E-state index is -3.96. The van der Waals surface area contributed by atoms with Crippen LogP contribution in [0.3, 0.4) is 0 Å². The molecule has 1 aromatic rings. The summed E-state index contributed by atoms with van der Waals surface area (Å²) in [7, 11) is -3.96. The summed E-state index contributed by atoms with van der Waals surface area (Å²) in [6.45, 7) is 2.76. The van der Waals surface area contributed by atoms with E-state index in [0.717, 1.165) is 19.0 Å². The van der Waals surface area contributed by atoms with Gasteiger partial charge in [-0.15, -0.1) is 0 Å². The van der Waals surface area contributed by atoms with Crippen molar-refractivity contribution in [1.29, 1.82) is 0 Å². The fourth-order valence-corrected chi connectivity index (χ4v) is 3.49. The molecule has 2 N–H and O–H groups in total. The summed E-state index contributed by atoms with van der Waals surface area (Å²) in [5, 5.41) is 3.06. The Hall–Kier alpha value is -1.05. The van der Waals surface area contributed by atoms with Crippen LogP contribution in [0.15, 0.2) is 17.0 Å². The maximum absolute atomic E-state index is 13.6. The van der Waals surface area contributed by atoms with E-state index >= 15 is 0 Å². The molecule has 1 heterocycles. The fraction of sp³-hybridized carbons (Fsp3) is 0.500. The molecule has 4 nitrogen and oxygen atoms in total. The normalized spacial score (nSPS) is 20.5. The lowest BCUT2D eigenvalue weighted by molar-refractivity contribution is 0.427. The summed E-state index contributed by atoms with van der Waals surface area (Å²) < 4.78 is 53.4. The molecule has 1 fully saturated rings. The van der Waals surface area contributed by atoms with Gasteiger partial charge in [0.2, 0.25) is 10.0 Å². The molecule has 19 heavy (non-hydrogen) atoms. The average Bonchev–Trinajstić information content (AvgIpc) is 2.34. The minimum absolute atomic E-state index is 0.101. The molecule has 1 aliphatic heterocycles. The van der Waals surface area contributed by atoms with Crippen LogP contribution in [0.25, 0.3) is 0 Å². The van der Waals surface area contributed by atoms with Crippen molar-refractivity contribution in [3.8, 4) is 0 Å². The molecule has 2 rings (SSSR count). The second kappa shape index (κ2) is 5.52. The molecular weight excluding hydrogens is 274 g/mol. The number of nitrogens with one attached hydrogen (secondary N) is 2. The molecule has 1 aromatic carbocycles. The molecule has 0 radical (unpaired) electrons. The highest BCUT2D eigenvalue weighted by atomic mass is 32.2. The van der Waals surface area contributed by atoms with Gasteiger partial charge in [0.05, 0.1) is 0 Å². The maximum atomic E-state index is 13.6. The largest absolute Gasteiger partial charge is 0.315 e. The zero-order chi connectivity index (χ0) is 14.0. The third-order valence-corrected chi connectivity index (χ3v) is 4.66. The Kier molecular flexibility index (Phi) is 4.17. The molecule has 1 saturated heterocycles. The molecule has 1 aliphatic rings. The van der Waals surface area contributed by atoms with E-state index in [0.29, 0.717) is 19.0 Å². The first-order valence-electron chi connectivity index (χ1n) is 6.09. The molecule has 0 aliphatic carbocycles. The molecule has 0 saturated carbocycles. The van der Waals surface area contributed by atoms with Gasteiger partial charge in [0, 0.05) is 18.7 Å². The van der Waals surface area contributed by atoms with Crippen LogP contribution in [0.4, 0.5) is 8.78 Å². The van der Waals surface area contributed by atoms with Gasteiger partial charge in [0.15, 0.2) is 0 Å². The summed E-state index contributed by atoms with van der Waals surface area (Å²) >= 11 is 0. The van der Waals surface area contributed by atoms with Crippen molar-refractivity contribution in [2.75, 3.05) is 13.1 Å². The Balaban J connectivity index is 2.26. The fourth-order valence-electron chi connectivity index (χ4n) is 2.07. The quantitative estimate of drug-likeness (QED) is 0.882. The summed E-state index contributed by atoms with van der Waals surface area (Å²) in [5.41, 5.74) is 0.101. The van der Waals surface area contributed by atoms with Crippen molar-refractivity contribution in [2.24, 2.45) is 0 Å². The lowest BCUT2D eigenvalue weighted by Crippen LogP contribution is -2.45. The van der Waals surface area contributed by atoms with Gasteiger partial charge in [-0.3, -0.25) is 0 Å². The molecule has 0 bridgehead atoms. The van der Waals surface area contributed by atoms with E-state index in [2.05, 4.69) is 10.0 Å². The number of hydrogen-bond donors (Lipinski definition) is 2. The molecular formula is C12H16F2N2O2S. The van der Waals surface area contributed by atoms with E-state index in [4.69, 9.17) is 0 Å². The second-order valence-corrected chi connectivity index (χ2v) is 6.38. The lowest BCUT2D eigenvalue weighted by Gasteiger charge is -2.23. The number of aryl methyl sites for hydroxylation is 1. The van der Waals surface area contributed by atoms with Crippen LogP contribution in [0.2, 0.25) is 0 Å². The molecule has 106 valence electrons. The topological polar surface area (TPSA) is 58.2 Å². The van der Waals surface area contributed by atoms with Crippen molar-refractivity contribution in [3.05, 3.63) is 29.3 Å². The van der Waals surface area contributed by atoms with E-state index in [1.54, 1.807) is 0 Å². The van der Waals surface area contributed by atoms with E-state index in [1.807, 2.05) is 0 Å². The maximum Gasteiger partial charge on any atom is 0.243 e. The summed E-state index contributed by atoms with van der Waals surface area (Å²) in [5.74, 6) is -1.82. The number of benzene rings is 1. The van der Waals surface area contributed by atoms with Crippen LogP contribution in [-0.4, -0.2) is 27.5 Å². The predicted octanol–water partition coefficient (Wildman–Crippen LogP) is 1.30. The van der Waals surface area contributed by atoms with Gasteiger partial charge in [0.1, 0.15) is 16.5 Å². The Morgan fingerprint density at radius 2 is 2.05 bits per heavy atom. The lowest BCUT2D eigenvalue weighted by atomic mass is 10.1. The Bertz CT molecular complexity index is 569. The third kappa shape index (κ3) is 3.29. The average molecular weight is 290 g/mol. The van der Waals surface area contributed by atoms with Crippen LogP contribution in [-0.2, 0) is 10.0 Å². The highest BCUT2D eigenvalue weighted by Crippen LogP contribution is 2.19. The van der Waals surface area contributed by atoms with Gasteiger partial charge < -0.3 is 5.32 Å². The van der Waals surface area contributed by atoms with Crippen LogP contribution in [0, 0.1) is 18.6 Å².